The summed E-state index contributed by atoms with van der Waals surface area (Å²) in [5.74, 6) is -0.793. The summed E-state index contributed by atoms with van der Waals surface area (Å²) in [4.78, 5) is 2.41. The zero-order valence-electron chi connectivity index (χ0n) is 12.3. The predicted octanol–water partition coefficient (Wildman–Crippen LogP) is 2.48. The molecule has 0 bridgehead atoms. The van der Waals surface area contributed by atoms with Crippen molar-refractivity contribution in [3.05, 3.63) is 35.4 Å². The van der Waals surface area contributed by atoms with Gasteiger partial charge in [0.15, 0.2) is 0 Å². The van der Waals surface area contributed by atoms with Gasteiger partial charge in [-0.05, 0) is 44.1 Å². The lowest BCUT2D eigenvalue weighted by molar-refractivity contribution is -0.0655. The van der Waals surface area contributed by atoms with Gasteiger partial charge < -0.3 is 10.1 Å². The molecule has 1 N–H and O–H groups in total. The van der Waals surface area contributed by atoms with Crippen LogP contribution in [0.1, 0.15) is 31.4 Å². The Morgan fingerprint density at radius 1 is 1.43 bits per heavy atom. The van der Waals surface area contributed by atoms with Crippen molar-refractivity contribution in [2.75, 3.05) is 26.2 Å². The van der Waals surface area contributed by atoms with Crippen molar-refractivity contribution in [2.24, 2.45) is 0 Å². The maximum absolute atomic E-state index is 14.1. The highest BCUT2D eigenvalue weighted by molar-refractivity contribution is 5.24. The third-order valence-electron chi connectivity index (χ3n) is 4.51. The quantitative estimate of drug-likeness (QED) is 0.924. The number of ether oxygens (including phenoxy) is 1. The minimum atomic E-state index is -0.413. The summed E-state index contributed by atoms with van der Waals surface area (Å²) in [6.45, 7) is 5.19. The van der Waals surface area contributed by atoms with E-state index in [-0.39, 0.29) is 18.0 Å². The molecule has 3 atom stereocenters. The van der Waals surface area contributed by atoms with Gasteiger partial charge in [-0.3, -0.25) is 4.90 Å². The SMILES string of the molecule is CCNC(c1cc(F)ccc1F)C1CN2CCCC2CO1. The highest BCUT2D eigenvalue weighted by Gasteiger charge is 2.36. The van der Waals surface area contributed by atoms with E-state index in [4.69, 9.17) is 4.74 Å². The molecule has 0 spiro atoms. The lowest BCUT2D eigenvalue weighted by Gasteiger charge is -2.39. The summed E-state index contributed by atoms with van der Waals surface area (Å²) in [7, 11) is 0. The summed E-state index contributed by atoms with van der Waals surface area (Å²) in [5, 5.41) is 3.26. The molecule has 0 aromatic heterocycles. The molecule has 0 aliphatic carbocycles. The Morgan fingerprint density at radius 2 is 2.29 bits per heavy atom. The second-order valence-corrected chi connectivity index (χ2v) is 5.86. The van der Waals surface area contributed by atoms with Crippen LogP contribution in [-0.2, 0) is 4.74 Å². The van der Waals surface area contributed by atoms with E-state index in [0.29, 0.717) is 24.8 Å². The number of likely N-dealkylation sites (N-methyl/N-ethyl adjacent to an activating group) is 1. The number of hydrogen-bond acceptors (Lipinski definition) is 3. The fourth-order valence-electron chi connectivity index (χ4n) is 3.46. The van der Waals surface area contributed by atoms with Gasteiger partial charge in [0, 0.05) is 18.2 Å². The number of benzene rings is 1. The molecule has 2 saturated heterocycles. The van der Waals surface area contributed by atoms with Crippen molar-refractivity contribution in [1.82, 2.24) is 10.2 Å². The van der Waals surface area contributed by atoms with Crippen molar-refractivity contribution >= 4 is 0 Å². The zero-order chi connectivity index (χ0) is 14.8. The highest BCUT2D eigenvalue weighted by Crippen LogP contribution is 2.30. The third-order valence-corrected chi connectivity index (χ3v) is 4.51. The standard InChI is InChI=1S/C16H22F2N2O/c1-2-19-16(13-8-11(17)5-6-14(13)18)15-9-20-7-3-4-12(20)10-21-15/h5-6,8,12,15-16,19H,2-4,7,9-10H2,1H3. The Balaban J connectivity index is 1.82. The first kappa shape index (κ1) is 14.9. The van der Waals surface area contributed by atoms with Gasteiger partial charge in [-0.2, -0.15) is 0 Å². The number of nitrogens with zero attached hydrogens (tertiary/aromatic N) is 1. The van der Waals surface area contributed by atoms with Gasteiger partial charge in [-0.1, -0.05) is 6.92 Å². The van der Waals surface area contributed by atoms with Crippen LogP contribution in [0.3, 0.4) is 0 Å². The molecule has 116 valence electrons. The summed E-state index contributed by atoms with van der Waals surface area (Å²) >= 11 is 0. The Labute approximate surface area is 124 Å². The van der Waals surface area contributed by atoms with Gasteiger partial charge in [0.05, 0.1) is 18.8 Å². The second kappa shape index (κ2) is 6.38. The van der Waals surface area contributed by atoms with Crippen LogP contribution in [0.15, 0.2) is 18.2 Å². The molecule has 3 rings (SSSR count). The number of nitrogens with one attached hydrogen (secondary N) is 1. The van der Waals surface area contributed by atoms with Crippen LogP contribution >= 0.6 is 0 Å². The van der Waals surface area contributed by atoms with Gasteiger partial charge in [-0.15, -0.1) is 0 Å². The first-order chi connectivity index (χ1) is 10.2. The predicted molar refractivity (Wildman–Crippen MR) is 77.1 cm³/mol. The van der Waals surface area contributed by atoms with E-state index >= 15 is 0 Å². The molecular formula is C16H22F2N2O. The molecule has 2 aliphatic rings. The second-order valence-electron chi connectivity index (χ2n) is 5.86. The van der Waals surface area contributed by atoms with Crippen LogP contribution in [0.5, 0.6) is 0 Å². The van der Waals surface area contributed by atoms with E-state index in [1.807, 2.05) is 6.92 Å². The summed E-state index contributed by atoms with van der Waals surface area (Å²) < 4.78 is 33.5. The first-order valence-corrected chi connectivity index (χ1v) is 7.73. The fourth-order valence-corrected chi connectivity index (χ4v) is 3.46. The molecule has 5 heteroatoms. The van der Waals surface area contributed by atoms with Crippen LogP contribution in [0.25, 0.3) is 0 Å². The largest absolute Gasteiger partial charge is 0.373 e. The zero-order valence-corrected chi connectivity index (χ0v) is 12.3. The number of halogens is 2. The Bertz CT molecular complexity index is 497. The lowest BCUT2D eigenvalue weighted by Crippen LogP contribution is -2.50. The number of fused-ring (bicyclic) bond motifs is 1. The summed E-state index contributed by atoms with van der Waals surface area (Å²) in [6.07, 6.45) is 2.23. The maximum Gasteiger partial charge on any atom is 0.128 e. The van der Waals surface area contributed by atoms with Crippen molar-refractivity contribution < 1.29 is 13.5 Å². The maximum atomic E-state index is 14.1. The molecule has 1 aromatic carbocycles. The minimum Gasteiger partial charge on any atom is -0.373 e. The molecule has 0 saturated carbocycles. The monoisotopic (exact) mass is 296 g/mol. The molecule has 2 fully saturated rings. The van der Waals surface area contributed by atoms with E-state index in [2.05, 4.69) is 10.2 Å². The van der Waals surface area contributed by atoms with Crippen LogP contribution in [0, 0.1) is 11.6 Å². The van der Waals surface area contributed by atoms with E-state index in [1.165, 1.54) is 25.0 Å². The Morgan fingerprint density at radius 3 is 3.10 bits per heavy atom. The van der Waals surface area contributed by atoms with E-state index in [9.17, 15) is 8.78 Å². The summed E-state index contributed by atoms with van der Waals surface area (Å²) in [6, 6.07) is 3.81. The molecule has 1 aromatic rings. The van der Waals surface area contributed by atoms with E-state index in [0.717, 1.165) is 19.2 Å². The lowest BCUT2D eigenvalue weighted by atomic mass is 9.98. The topological polar surface area (TPSA) is 24.5 Å². The molecular weight excluding hydrogens is 274 g/mol. The van der Waals surface area contributed by atoms with Gasteiger partial charge >= 0.3 is 0 Å². The van der Waals surface area contributed by atoms with E-state index < -0.39 is 5.82 Å². The Hall–Kier alpha value is -1.04. The molecule has 2 aliphatic heterocycles. The molecule has 3 unspecified atom stereocenters. The molecule has 0 amide bonds. The first-order valence-electron chi connectivity index (χ1n) is 7.73. The number of hydrogen-bond donors (Lipinski definition) is 1. The van der Waals surface area contributed by atoms with Crippen molar-refractivity contribution in [1.29, 1.82) is 0 Å². The average molecular weight is 296 g/mol. The number of rotatable bonds is 4. The molecule has 2 heterocycles. The molecule has 0 radical (unpaired) electrons. The van der Waals surface area contributed by atoms with Crippen molar-refractivity contribution in [2.45, 2.75) is 38.0 Å². The Kier molecular flexibility index (Phi) is 4.52. The van der Waals surface area contributed by atoms with Crippen molar-refractivity contribution in [3.8, 4) is 0 Å². The van der Waals surface area contributed by atoms with Crippen molar-refractivity contribution in [3.63, 3.8) is 0 Å². The van der Waals surface area contributed by atoms with Crippen LogP contribution in [-0.4, -0.2) is 43.3 Å². The van der Waals surface area contributed by atoms with Gasteiger partial charge in [-0.25, -0.2) is 8.78 Å². The normalized spacial score (nSPS) is 27.6. The minimum absolute atomic E-state index is 0.143. The van der Waals surface area contributed by atoms with E-state index in [1.54, 1.807) is 0 Å². The third kappa shape index (κ3) is 3.10. The highest BCUT2D eigenvalue weighted by atomic mass is 19.1. The van der Waals surface area contributed by atoms with Crippen LogP contribution in [0.4, 0.5) is 8.78 Å². The average Bonchev–Trinajstić information content (AvgIpc) is 2.95. The molecule has 21 heavy (non-hydrogen) atoms. The van der Waals surface area contributed by atoms with Gasteiger partial charge in [0.1, 0.15) is 11.6 Å². The molecule has 3 nitrogen and oxygen atoms in total. The van der Waals surface area contributed by atoms with Crippen LogP contribution < -0.4 is 5.32 Å². The number of morpholine rings is 1. The van der Waals surface area contributed by atoms with Gasteiger partial charge in [0.2, 0.25) is 0 Å². The summed E-state index contributed by atoms with van der Waals surface area (Å²) in [5.41, 5.74) is 0.361. The fraction of sp³-hybridized carbons (Fsp3) is 0.625. The van der Waals surface area contributed by atoms with Gasteiger partial charge in [0.25, 0.3) is 0 Å². The van der Waals surface area contributed by atoms with Crippen LogP contribution in [0.2, 0.25) is 0 Å². The smallest absolute Gasteiger partial charge is 0.128 e.